The smallest absolute Gasteiger partial charge is 0.132 e. The largest absolute Gasteiger partial charge is 0.488 e. The molecule has 3 rings (SSSR count). The third-order valence-corrected chi connectivity index (χ3v) is 3.48. The van der Waals surface area contributed by atoms with E-state index in [2.05, 4.69) is 16.0 Å². The van der Waals surface area contributed by atoms with Gasteiger partial charge in [-0.2, -0.15) is 0 Å². The predicted octanol–water partition coefficient (Wildman–Crippen LogP) is 1.47. The molecule has 0 radical (unpaired) electrons. The fourth-order valence-corrected chi connectivity index (χ4v) is 2.41. The van der Waals surface area contributed by atoms with E-state index in [9.17, 15) is 0 Å². The van der Waals surface area contributed by atoms with Gasteiger partial charge in [-0.15, -0.1) is 0 Å². The Morgan fingerprint density at radius 2 is 2.20 bits per heavy atom. The van der Waals surface area contributed by atoms with Crippen molar-refractivity contribution in [2.24, 2.45) is 5.73 Å². The second kappa shape index (κ2) is 5.09. The molecule has 0 aliphatic carbocycles. The highest BCUT2D eigenvalue weighted by atomic mass is 16.5. The van der Waals surface area contributed by atoms with Gasteiger partial charge in [-0.05, 0) is 11.6 Å². The number of anilines is 1. The Hall–Kier alpha value is -2.14. The van der Waals surface area contributed by atoms with Crippen molar-refractivity contribution in [1.82, 2.24) is 9.97 Å². The molecule has 1 aliphatic heterocycles. The predicted molar refractivity (Wildman–Crippen MR) is 79.0 cm³/mol. The van der Waals surface area contributed by atoms with Crippen molar-refractivity contribution in [3.63, 3.8) is 0 Å². The van der Waals surface area contributed by atoms with Crippen molar-refractivity contribution < 1.29 is 4.74 Å². The quantitative estimate of drug-likeness (QED) is 0.915. The summed E-state index contributed by atoms with van der Waals surface area (Å²) in [6.07, 6.45) is 2.52. The highest BCUT2D eigenvalue weighted by Gasteiger charge is 2.25. The van der Waals surface area contributed by atoms with Crippen LogP contribution in [0.25, 0.3) is 11.3 Å². The highest BCUT2D eigenvalue weighted by Crippen LogP contribution is 2.38. The fourth-order valence-electron chi connectivity index (χ4n) is 2.41. The zero-order valence-corrected chi connectivity index (χ0v) is 11.7. The van der Waals surface area contributed by atoms with Crippen LogP contribution in [0.5, 0.6) is 5.75 Å². The summed E-state index contributed by atoms with van der Waals surface area (Å²) in [5.41, 5.74) is 8.78. The first-order valence-corrected chi connectivity index (χ1v) is 6.67. The van der Waals surface area contributed by atoms with E-state index < -0.39 is 0 Å². The summed E-state index contributed by atoms with van der Waals surface area (Å²) < 4.78 is 5.94. The Morgan fingerprint density at radius 1 is 1.35 bits per heavy atom. The zero-order chi connectivity index (χ0) is 14.1. The SMILES string of the molecule is CN(C)c1cc(-c2cccc3c2OC(CN)C3)ncn1. The Balaban J connectivity index is 2.04. The summed E-state index contributed by atoms with van der Waals surface area (Å²) in [6.45, 7) is 0.529. The number of nitrogens with zero attached hydrogens (tertiary/aromatic N) is 3. The zero-order valence-electron chi connectivity index (χ0n) is 11.7. The summed E-state index contributed by atoms with van der Waals surface area (Å²) in [5, 5.41) is 0. The van der Waals surface area contributed by atoms with Gasteiger partial charge in [0.2, 0.25) is 0 Å². The molecule has 1 aromatic carbocycles. The Morgan fingerprint density at radius 3 is 2.95 bits per heavy atom. The highest BCUT2D eigenvalue weighted by molar-refractivity contribution is 5.71. The number of ether oxygens (including phenoxy) is 1. The fraction of sp³-hybridized carbons (Fsp3) is 0.333. The molecule has 104 valence electrons. The summed E-state index contributed by atoms with van der Waals surface area (Å²) >= 11 is 0. The van der Waals surface area contributed by atoms with Gasteiger partial charge in [-0.25, -0.2) is 9.97 Å². The van der Waals surface area contributed by atoms with Crippen LogP contribution in [0.2, 0.25) is 0 Å². The van der Waals surface area contributed by atoms with Crippen LogP contribution in [0.4, 0.5) is 5.82 Å². The van der Waals surface area contributed by atoms with Gasteiger partial charge < -0.3 is 15.4 Å². The molecule has 2 N–H and O–H groups in total. The van der Waals surface area contributed by atoms with Gasteiger partial charge >= 0.3 is 0 Å². The van der Waals surface area contributed by atoms with Crippen molar-refractivity contribution in [3.8, 4) is 17.0 Å². The van der Waals surface area contributed by atoms with E-state index in [0.29, 0.717) is 6.54 Å². The van der Waals surface area contributed by atoms with Crippen LogP contribution in [0.1, 0.15) is 5.56 Å². The molecule has 0 amide bonds. The average molecular weight is 270 g/mol. The van der Waals surface area contributed by atoms with Gasteiger partial charge in [0.25, 0.3) is 0 Å². The van der Waals surface area contributed by atoms with Crippen LogP contribution < -0.4 is 15.4 Å². The van der Waals surface area contributed by atoms with Crippen LogP contribution in [0.3, 0.4) is 0 Å². The van der Waals surface area contributed by atoms with E-state index >= 15 is 0 Å². The van der Waals surface area contributed by atoms with Gasteiger partial charge in [-0.1, -0.05) is 12.1 Å². The second-order valence-corrected chi connectivity index (χ2v) is 5.13. The molecule has 2 heterocycles. The van der Waals surface area contributed by atoms with Crippen molar-refractivity contribution in [2.45, 2.75) is 12.5 Å². The van der Waals surface area contributed by atoms with Gasteiger partial charge in [0.1, 0.15) is 24.0 Å². The summed E-state index contributed by atoms with van der Waals surface area (Å²) in [7, 11) is 3.92. The van der Waals surface area contributed by atoms with Gasteiger partial charge in [0, 0.05) is 38.7 Å². The standard InChI is InChI=1S/C15H18N4O/c1-19(2)14-7-13(17-9-18-14)12-5-3-4-10-6-11(8-16)20-15(10)12/h3-5,7,9,11H,6,8,16H2,1-2H3. The van der Waals surface area contributed by atoms with E-state index in [1.807, 2.05) is 37.2 Å². The number of hydrogen-bond acceptors (Lipinski definition) is 5. The van der Waals surface area contributed by atoms with E-state index in [4.69, 9.17) is 10.5 Å². The average Bonchev–Trinajstić information content (AvgIpc) is 2.90. The van der Waals surface area contributed by atoms with E-state index in [1.54, 1.807) is 6.33 Å². The first kappa shape index (κ1) is 12.9. The van der Waals surface area contributed by atoms with Crippen LogP contribution >= 0.6 is 0 Å². The molecule has 20 heavy (non-hydrogen) atoms. The van der Waals surface area contributed by atoms with Crippen LogP contribution in [-0.4, -0.2) is 36.7 Å². The topological polar surface area (TPSA) is 64.3 Å². The lowest BCUT2D eigenvalue weighted by Gasteiger charge is -2.13. The Labute approximate surface area is 118 Å². The van der Waals surface area contributed by atoms with Crippen molar-refractivity contribution in [3.05, 3.63) is 36.2 Å². The number of nitrogens with two attached hydrogens (primary N) is 1. The lowest BCUT2D eigenvalue weighted by atomic mass is 10.0. The summed E-state index contributed by atoms with van der Waals surface area (Å²) in [4.78, 5) is 10.6. The summed E-state index contributed by atoms with van der Waals surface area (Å²) in [5.74, 6) is 1.78. The lowest BCUT2D eigenvalue weighted by Crippen LogP contribution is -2.24. The minimum Gasteiger partial charge on any atom is -0.488 e. The molecule has 0 spiro atoms. The number of hydrogen-bond donors (Lipinski definition) is 1. The molecule has 1 aliphatic rings. The van der Waals surface area contributed by atoms with Crippen LogP contribution in [0.15, 0.2) is 30.6 Å². The summed E-state index contributed by atoms with van der Waals surface area (Å²) in [6, 6.07) is 8.12. The van der Waals surface area contributed by atoms with Crippen LogP contribution in [-0.2, 0) is 6.42 Å². The van der Waals surface area contributed by atoms with Crippen molar-refractivity contribution >= 4 is 5.82 Å². The van der Waals surface area contributed by atoms with E-state index in [0.717, 1.165) is 29.2 Å². The van der Waals surface area contributed by atoms with Crippen molar-refractivity contribution in [1.29, 1.82) is 0 Å². The lowest BCUT2D eigenvalue weighted by molar-refractivity contribution is 0.242. The minimum atomic E-state index is 0.0707. The third-order valence-electron chi connectivity index (χ3n) is 3.48. The molecule has 0 bridgehead atoms. The van der Waals surface area contributed by atoms with Crippen LogP contribution in [0, 0.1) is 0 Å². The molecule has 0 saturated heterocycles. The number of aromatic nitrogens is 2. The molecule has 5 nitrogen and oxygen atoms in total. The molecule has 5 heteroatoms. The monoisotopic (exact) mass is 270 g/mol. The maximum atomic E-state index is 5.94. The Bertz CT molecular complexity index is 627. The van der Waals surface area contributed by atoms with E-state index in [1.165, 1.54) is 5.56 Å². The maximum Gasteiger partial charge on any atom is 0.132 e. The number of benzene rings is 1. The second-order valence-electron chi connectivity index (χ2n) is 5.13. The molecular weight excluding hydrogens is 252 g/mol. The minimum absolute atomic E-state index is 0.0707. The number of fused-ring (bicyclic) bond motifs is 1. The normalized spacial score (nSPS) is 16.6. The molecule has 0 fully saturated rings. The number of para-hydroxylation sites is 1. The van der Waals surface area contributed by atoms with Gasteiger partial charge in [-0.3, -0.25) is 0 Å². The van der Waals surface area contributed by atoms with E-state index in [-0.39, 0.29) is 6.10 Å². The Kier molecular flexibility index (Phi) is 3.28. The molecule has 0 saturated carbocycles. The molecule has 1 atom stereocenters. The van der Waals surface area contributed by atoms with Gasteiger partial charge in [0.05, 0.1) is 5.69 Å². The first-order valence-electron chi connectivity index (χ1n) is 6.67. The molecular formula is C15H18N4O. The first-order chi connectivity index (χ1) is 9.69. The molecule has 2 aromatic rings. The maximum absolute atomic E-state index is 5.94. The van der Waals surface area contributed by atoms with Crippen molar-refractivity contribution in [2.75, 3.05) is 25.5 Å². The number of rotatable bonds is 3. The van der Waals surface area contributed by atoms with Gasteiger partial charge in [0.15, 0.2) is 0 Å². The molecule has 1 aromatic heterocycles. The molecule has 1 unspecified atom stereocenters. The third kappa shape index (κ3) is 2.20.